The average Bonchev–Trinajstić information content (AvgIpc) is 2.66. The maximum atomic E-state index is 12.4. The van der Waals surface area contributed by atoms with Gasteiger partial charge in [0, 0.05) is 6.07 Å². The molecular weight excluding hydrogens is 352 g/mol. The van der Waals surface area contributed by atoms with Crippen LogP contribution in [0.15, 0.2) is 60.7 Å². The second-order valence-electron chi connectivity index (χ2n) is 6.85. The molecule has 0 heterocycles. The Hall–Kier alpha value is -3.40. The van der Waals surface area contributed by atoms with Crippen LogP contribution in [0, 0.1) is 27.7 Å². The number of ether oxygens (including phenoxy) is 2. The van der Waals surface area contributed by atoms with E-state index in [9.17, 15) is 9.59 Å². The van der Waals surface area contributed by atoms with Crippen LogP contribution in [0.3, 0.4) is 0 Å². The Morgan fingerprint density at radius 2 is 1.00 bits per heavy atom. The summed E-state index contributed by atoms with van der Waals surface area (Å²) in [6, 6.07) is 17.3. The van der Waals surface area contributed by atoms with Crippen LogP contribution in [0.4, 0.5) is 0 Å². The van der Waals surface area contributed by atoms with E-state index in [1.807, 2.05) is 39.8 Å². The summed E-state index contributed by atoms with van der Waals surface area (Å²) in [5, 5.41) is 0. The molecular formula is C24H22O4. The van der Waals surface area contributed by atoms with Crippen LogP contribution in [0.5, 0.6) is 11.5 Å². The quantitative estimate of drug-likeness (QED) is 0.456. The monoisotopic (exact) mass is 374 g/mol. The van der Waals surface area contributed by atoms with Gasteiger partial charge in [-0.3, -0.25) is 0 Å². The van der Waals surface area contributed by atoms with Gasteiger partial charge in [-0.25, -0.2) is 9.59 Å². The molecule has 3 rings (SSSR count). The third kappa shape index (κ3) is 4.46. The highest BCUT2D eigenvalue weighted by Crippen LogP contribution is 2.22. The van der Waals surface area contributed by atoms with Crippen molar-refractivity contribution < 1.29 is 19.1 Å². The van der Waals surface area contributed by atoms with Crippen molar-refractivity contribution in [2.45, 2.75) is 27.7 Å². The van der Waals surface area contributed by atoms with Crippen LogP contribution in [0.1, 0.15) is 43.0 Å². The number of esters is 2. The minimum absolute atomic E-state index is 0.314. The van der Waals surface area contributed by atoms with Gasteiger partial charge in [-0.2, -0.15) is 0 Å². The number of aryl methyl sites for hydroxylation is 4. The number of carbonyl (C=O) groups is 2. The third-order valence-corrected chi connectivity index (χ3v) is 4.71. The van der Waals surface area contributed by atoms with Crippen LogP contribution in [0.2, 0.25) is 0 Å². The molecule has 28 heavy (non-hydrogen) atoms. The number of hydrogen-bond acceptors (Lipinski definition) is 4. The van der Waals surface area contributed by atoms with E-state index in [1.54, 1.807) is 42.5 Å². The molecule has 0 atom stereocenters. The van der Waals surface area contributed by atoms with Crippen molar-refractivity contribution in [2.75, 3.05) is 0 Å². The molecule has 0 fully saturated rings. The zero-order chi connectivity index (χ0) is 20.3. The number of benzene rings is 3. The van der Waals surface area contributed by atoms with Gasteiger partial charge in [0.25, 0.3) is 0 Å². The Kier molecular flexibility index (Phi) is 5.59. The molecule has 0 saturated carbocycles. The fourth-order valence-electron chi connectivity index (χ4n) is 2.67. The van der Waals surface area contributed by atoms with E-state index < -0.39 is 11.9 Å². The molecule has 4 nitrogen and oxygen atoms in total. The van der Waals surface area contributed by atoms with Gasteiger partial charge in [0.05, 0.1) is 11.1 Å². The molecule has 0 unspecified atom stereocenters. The van der Waals surface area contributed by atoms with E-state index in [1.165, 1.54) is 6.07 Å². The van der Waals surface area contributed by atoms with Gasteiger partial charge >= 0.3 is 11.9 Å². The normalized spacial score (nSPS) is 10.4. The predicted octanol–water partition coefficient (Wildman–Crippen LogP) is 5.36. The molecule has 0 radical (unpaired) electrons. The van der Waals surface area contributed by atoms with E-state index in [2.05, 4.69) is 0 Å². The molecule has 4 heteroatoms. The molecule has 3 aromatic rings. The molecule has 0 bridgehead atoms. The van der Waals surface area contributed by atoms with E-state index in [-0.39, 0.29) is 0 Å². The van der Waals surface area contributed by atoms with Gasteiger partial charge in [-0.1, -0.05) is 18.2 Å². The van der Waals surface area contributed by atoms with E-state index in [0.29, 0.717) is 22.6 Å². The first-order valence-corrected chi connectivity index (χ1v) is 9.02. The van der Waals surface area contributed by atoms with Crippen LogP contribution < -0.4 is 9.47 Å². The lowest BCUT2D eigenvalue weighted by Crippen LogP contribution is -2.10. The maximum Gasteiger partial charge on any atom is 0.343 e. The minimum Gasteiger partial charge on any atom is -0.423 e. The summed E-state index contributed by atoms with van der Waals surface area (Å²) in [6.07, 6.45) is 0. The molecule has 0 aromatic heterocycles. The highest BCUT2D eigenvalue weighted by atomic mass is 16.5. The van der Waals surface area contributed by atoms with Crippen molar-refractivity contribution in [3.8, 4) is 11.5 Å². The van der Waals surface area contributed by atoms with Crippen LogP contribution in [0.25, 0.3) is 0 Å². The summed E-state index contributed by atoms with van der Waals surface area (Å²) in [7, 11) is 0. The molecule has 0 aliphatic rings. The molecule has 0 spiro atoms. The molecule has 0 saturated heterocycles. The van der Waals surface area contributed by atoms with Gasteiger partial charge < -0.3 is 9.47 Å². The van der Waals surface area contributed by atoms with Crippen LogP contribution >= 0.6 is 0 Å². The maximum absolute atomic E-state index is 12.4. The zero-order valence-corrected chi connectivity index (χ0v) is 16.4. The second-order valence-corrected chi connectivity index (χ2v) is 6.85. The molecule has 0 aliphatic heterocycles. The lowest BCUT2D eigenvalue weighted by molar-refractivity contribution is 0.0732. The standard InChI is InChI=1S/C24H22O4/c1-15-8-10-19(12-17(15)3)23(25)27-21-6-5-7-22(14-21)28-24(26)20-11-9-16(2)18(4)13-20/h5-14H,1-4H3. The molecule has 0 aliphatic carbocycles. The number of rotatable bonds is 4. The average molecular weight is 374 g/mol. The fraction of sp³-hybridized carbons (Fsp3) is 0.167. The second kappa shape index (κ2) is 8.09. The first kappa shape index (κ1) is 19.4. The summed E-state index contributed by atoms with van der Waals surface area (Å²) in [4.78, 5) is 24.7. The van der Waals surface area contributed by atoms with Crippen molar-refractivity contribution in [3.05, 3.63) is 94.0 Å². The van der Waals surface area contributed by atoms with E-state index in [4.69, 9.17) is 9.47 Å². The largest absolute Gasteiger partial charge is 0.423 e. The number of hydrogen-bond donors (Lipinski definition) is 0. The van der Waals surface area contributed by atoms with Gasteiger partial charge in [0.2, 0.25) is 0 Å². The summed E-state index contributed by atoms with van der Waals surface area (Å²) in [5.41, 5.74) is 5.20. The smallest absolute Gasteiger partial charge is 0.343 e. The summed E-state index contributed by atoms with van der Waals surface area (Å²) < 4.78 is 10.9. The summed E-state index contributed by atoms with van der Waals surface area (Å²) in [6.45, 7) is 7.85. The van der Waals surface area contributed by atoms with Crippen LogP contribution in [-0.4, -0.2) is 11.9 Å². The van der Waals surface area contributed by atoms with Crippen molar-refractivity contribution >= 4 is 11.9 Å². The Labute approximate surface area is 164 Å². The molecule has 142 valence electrons. The van der Waals surface area contributed by atoms with Crippen molar-refractivity contribution in [3.63, 3.8) is 0 Å². The Bertz CT molecular complexity index is 969. The Morgan fingerprint density at radius 1 is 0.571 bits per heavy atom. The third-order valence-electron chi connectivity index (χ3n) is 4.71. The lowest BCUT2D eigenvalue weighted by Gasteiger charge is -2.09. The van der Waals surface area contributed by atoms with E-state index >= 15 is 0 Å². The van der Waals surface area contributed by atoms with Crippen molar-refractivity contribution in [2.24, 2.45) is 0 Å². The van der Waals surface area contributed by atoms with Gasteiger partial charge in [0.1, 0.15) is 11.5 Å². The van der Waals surface area contributed by atoms with Crippen molar-refractivity contribution in [1.82, 2.24) is 0 Å². The van der Waals surface area contributed by atoms with Gasteiger partial charge in [-0.05, 0) is 86.3 Å². The highest BCUT2D eigenvalue weighted by Gasteiger charge is 2.13. The Morgan fingerprint density at radius 3 is 1.39 bits per heavy atom. The van der Waals surface area contributed by atoms with Crippen LogP contribution in [-0.2, 0) is 0 Å². The molecule has 3 aromatic carbocycles. The minimum atomic E-state index is -0.458. The van der Waals surface area contributed by atoms with Crippen molar-refractivity contribution in [1.29, 1.82) is 0 Å². The summed E-state index contributed by atoms with van der Waals surface area (Å²) >= 11 is 0. The number of carbonyl (C=O) groups excluding carboxylic acids is 2. The highest BCUT2D eigenvalue weighted by molar-refractivity contribution is 5.92. The summed E-state index contributed by atoms with van der Waals surface area (Å²) in [5.74, 6) is -0.288. The topological polar surface area (TPSA) is 52.6 Å². The Balaban J connectivity index is 1.72. The predicted molar refractivity (Wildman–Crippen MR) is 108 cm³/mol. The molecule has 0 N–H and O–H groups in total. The zero-order valence-electron chi connectivity index (χ0n) is 16.4. The first-order chi connectivity index (χ1) is 13.3. The SMILES string of the molecule is Cc1ccc(C(=O)Oc2cccc(OC(=O)c3ccc(C)c(C)c3)c2)cc1C. The molecule has 0 amide bonds. The fourth-order valence-corrected chi connectivity index (χ4v) is 2.67. The van der Waals surface area contributed by atoms with Gasteiger partial charge in [-0.15, -0.1) is 0 Å². The van der Waals surface area contributed by atoms with Gasteiger partial charge in [0.15, 0.2) is 0 Å². The first-order valence-electron chi connectivity index (χ1n) is 9.02. The lowest BCUT2D eigenvalue weighted by atomic mass is 10.1. The van der Waals surface area contributed by atoms with E-state index in [0.717, 1.165) is 22.3 Å².